The van der Waals surface area contributed by atoms with Crippen LogP contribution < -0.4 is 9.86 Å². The summed E-state index contributed by atoms with van der Waals surface area (Å²) in [5, 5.41) is 4.84. The Bertz CT molecular complexity index is 401. The van der Waals surface area contributed by atoms with Gasteiger partial charge in [0.2, 0.25) is 0 Å². The summed E-state index contributed by atoms with van der Waals surface area (Å²) in [6.07, 6.45) is 0.877. The molecule has 0 saturated heterocycles. The first-order chi connectivity index (χ1) is 6.53. The second-order valence-electron chi connectivity index (χ2n) is 2.99. The van der Waals surface area contributed by atoms with E-state index in [2.05, 4.69) is 4.72 Å². The zero-order valence-electron chi connectivity index (χ0n) is 8.03. The van der Waals surface area contributed by atoms with Crippen LogP contribution in [0.4, 0.5) is 0 Å². The summed E-state index contributed by atoms with van der Waals surface area (Å²) < 4.78 is 23.6. The molecule has 78 valence electrons. The van der Waals surface area contributed by atoms with Crippen molar-refractivity contribution in [2.75, 3.05) is 0 Å². The van der Waals surface area contributed by atoms with Crippen LogP contribution in [-0.4, -0.2) is 8.42 Å². The van der Waals surface area contributed by atoms with E-state index in [-0.39, 0.29) is 6.54 Å². The molecule has 0 aliphatic heterocycles. The summed E-state index contributed by atoms with van der Waals surface area (Å²) in [4.78, 5) is 0. The van der Waals surface area contributed by atoms with E-state index in [0.717, 1.165) is 17.5 Å². The predicted molar refractivity (Wildman–Crippen MR) is 55.8 cm³/mol. The van der Waals surface area contributed by atoms with Gasteiger partial charge in [0.15, 0.2) is 0 Å². The third-order valence-electron chi connectivity index (χ3n) is 1.96. The van der Waals surface area contributed by atoms with Crippen LogP contribution in [0.15, 0.2) is 24.3 Å². The van der Waals surface area contributed by atoms with Crippen LogP contribution >= 0.6 is 0 Å². The molecule has 1 rings (SSSR count). The first-order valence-corrected chi connectivity index (χ1v) is 5.91. The molecular weight excluding hydrogens is 200 g/mol. The van der Waals surface area contributed by atoms with Crippen LogP contribution in [0.3, 0.4) is 0 Å². The lowest BCUT2D eigenvalue weighted by Crippen LogP contribution is -2.30. The second-order valence-corrected chi connectivity index (χ2v) is 4.37. The fourth-order valence-electron chi connectivity index (χ4n) is 1.25. The standard InChI is InChI=1S/C9H14N2O2S/c1-2-8-5-3-4-6-9(8)7-11-14(10,12)13/h3-6,11H,2,7H2,1H3,(H2,10,12,13). The van der Waals surface area contributed by atoms with Crippen molar-refractivity contribution in [1.82, 2.24) is 4.72 Å². The first kappa shape index (κ1) is 11.2. The SMILES string of the molecule is CCc1ccccc1CNS(N)(=O)=O. The number of nitrogens with two attached hydrogens (primary N) is 1. The van der Waals surface area contributed by atoms with E-state index in [1.54, 1.807) is 0 Å². The highest BCUT2D eigenvalue weighted by molar-refractivity contribution is 7.87. The molecule has 4 nitrogen and oxygen atoms in total. The van der Waals surface area contributed by atoms with Crippen LogP contribution in [0, 0.1) is 0 Å². The van der Waals surface area contributed by atoms with Gasteiger partial charge in [0, 0.05) is 6.54 Å². The highest BCUT2D eigenvalue weighted by Gasteiger charge is 2.03. The minimum atomic E-state index is -3.60. The molecule has 0 radical (unpaired) electrons. The Labute approximate surface area is 84.3 Å². The molecule has 0 fully saturated rings. The van der Waals surface area contributed by atoms with E-state index < -0.39 is 10.2 Å². The first-order valence-electron chi connectivity index (χ1n) is 4.37. The summed E-state index contributed by atoms with van der Waals surface area (Å²) in [5.74, 6) is 0. The van der Waals surface area contributed by atoms with E-state index in [0.29, 0.717) is 0 Å². The van der Waals surface area contributed by atoms with Crippen molar-refractivity contribution in [1.29, 1.82) is 0 Å². The molecule has 14 heavy (non-hydrogen) atoms. The van der Waals surface area contributed by atoms with Gasteiger partial charge < -0.3 is 0 Å². The van der Waals surface area contributed by atoms with Gasteiger partial charge in [-0.05, 0) is 17.5 Å². The average molecular weight is 214 g/mol. The molecule has 0 bridgehead atoms. The number of rotatable bonds is 4. The molecule has 0 atom stereocenters. The zero-order valence-corrected chi connectivity index (χ0v) is 8.84. The Hall–Kier alpha value is -0.910. The molecular formula is C9H14N2O2S. The Morgan fingerprint density at radius 2 is 1.86 bits per heavy atom. The highest BCUT2D eigenvalue weighted by atomic mass is 32.2. The normalized spacial score (nSPS) is 11.6. The van der Waals surface area contributed by atoms with Crippen LogP contribution in [-0.2, 0) is 23.2 Å². The van der Waals surface area contributed by atoms with E-state index in [4.69, 9.17) is 5.14 Å². The largest absolute Gasteiger partial charge is 0.274 e. The summed E-state index contributed by atoms with van der Waals surface area (Å²) in [6.45, 7) is 2.28. The van der Waals surface area contributed by atoms with Crippen molar-refractivity contribution in [3.05, 3.63) is 35.4 Å². The summed E-state index contributed by atoms with van der Waals surface area (Å²) in [7, 11) is -3.60. The lowest BCUT2D eigenvalue weighted by Gasteiger charge is -2.07. The molecule has 0 heterocycles. The Morgan fingerprint density at radius 3 is 2.36 bits per heavy atom. The van der Waals surface area contributed by atoms with Gasteiger partial charge in [-0.2, -0.15) is 13.1 Å². The maximum Gasteiger partial charge on any atom is 0.274 e. The smallest absolute Gasteiger partial charge is 0.216 e. The van der Waals surface area contributed by atoms with Crippen molar-refractivity contribution in [2.24, 2.45) is 5.14 Å². The Kier molecular flexibility index (Phi) is 3.62. The molecule has 0 aliphatic carbocycles. The third kappa shape index (κ3) is 3.45. The fourth-order valence-corrected chi connectivity index (χ4v) is 1.61. The summed E-state index contributed by atoms with van der Waals surface area (Å²) in [6, 6.07) is 7.66. The molecule has 3 N–H and O–H groups in total. The van der Waals surface area contributed by atoms with E-state index in [1.165, 1.54) is 0 Å². The number of hydrogen-bond acceptors (Lipinski definition) is 2. The van der Waals surface area contributed by atoms with E-state index in [9.17, 15) is 8.42 Å². The second kappa shape index (κ2) is 4.54. The molecule has 0 aliphatic rings. The van der Waals surface area contributed by atoms with Gasteiger partial charge in [-0.25, -0.2) is 5.14 Å². The molecule has 5 heteroatoms. The van der Waals surface area contributed by atoms with Crippen molar-refractivity contribution >= 4 is 10.2 Å². The van der Waals surface area contributed by atoms with Gasteiger partial charge in [-0.15, -0.1) is 0 Å². The minimum Gasteiger partial charge on any atom is -0.216 e. The number of benzene rings is 1. The van der Waals surface area contributed by atoms with Crippen molar-refractivity contribution in [2.45, 2.75) is 19.9 Å². The number of aryl methyl sites for hydroxylation is 1. The quantitative estimate of drug-likeness (QED) is 0.768. The molecule has 1 aromatic carbocycles. The maximum atomic E-state index is 10.7. The Morgan fingerprint density at radius 1 is 1.29 bits per heavy atom. The van der Waals surface area contributed by atoms with Crippen LogP contribution in [0.2, 0.25) is 0 Å². The topological polar surface area (TPSA) is 72.2 Å². The Balaban J connectivity index is 2.76. The van der Waals surface area contributed by atoms with Gasteiger partial charge in [-0.1, -0.05) is 31.2 Å². The molecule has 1 aromatic rings. The third-order valence-corrected chi connectivity index (χ3v) is 2.51. The molecule has 0 aromatic heterocycles. The molecule has 0 unspecified atom stereocenters. The van der Waals surface area contributed by atoms with E-state index in [1.807, 2.05) is 31.2 Å². The van der Waals surface area contributed by atoms with Gasteiger partial charge in [0.05, 0.1) is 0 Å². The van der Waals surface area contributed by atoms with Gasteiger partial charge in [0.25, 0.3) is 10.2 Å². The van der Waals surface area contributed by atoms with Gasteiger partial charge in [0.1, 0.15) is 0 Å². The highest BCUT2D eigenvalue weighted by Crippen LogP contribution is 2.08. The van der Waals surface area contributed by atoms with Crippen LogP contribution in [0.1, 0.15) is 18.1 Å². The molecule has 0 saturated carbocycles. The van der Waals surface area contributed by atoms with Gasteiger partial charge in [-0.3, -0.25) is 0 Å². The monoisotopic (exact) mass is 214 g/mol. The van der Waals surface area contributed by atoms with Crippen LogP contribution in [0.5, 0.6) is 0 Å². The van der Waals surface area contributed by atoms with Crippen molar-refractivity contribution < 1.29 is 8.42 Å². The fraction of sp³-hybridized carbons (Fsp3) is 0.333. The average Bonchev–Trinajstić information content (AvgIpc) is 2.14. The predicted octanol–water partition coefficient (Wildman–Crippen LogP) is 0.542. The maximum absolute atomic E-state index is 10.7. The zero-order chi connectivity index (χ0) is 10.6. The molecule has 0 amide bonds. The van der Waals surface area contributed by atoms with Crippen molar-refractivity contribution in [3.8, 4) is 0 Å². The number of hydrogen-bond donors (Lipinski definition) is 2. The van der Waals surface area contributed by atoms with Crippen molar-refractivity contribution in [3.63, 3.8) is 0 Å². The summed E-state index contributed by atoms with van der Waals surface area (Å²) in [5.41, 5.74) is 2.09. The van der Waals surface area contributed by atoms with Crippen LogP contribution in [0.25, 0.3) is 0 Å². The summed E-state index contributed by atoms with van der Waals surface area (Å²) >= 11 is 0. The molecule has 0 spiro atoms. The lowest BCUT2D eigenvalue weighted by atomic mass is 10.1. The number of nitrogens with one attached hydrogen (secondary N) is 1. The van der Waals surface area contributed by atoms with Gasteiger partial charge >= 0.3 is 0 Å². The van der Waals surface area contributed by atoms with E-state index >= 15 is 0 Å². The lowest BCUT2D eigenvalue weighted by molar-refractivity contribution is 0.583. The minimum absolute atomic E-state index is 0.253.